The number of phenolic OH excluding ortho intramolecular Hbond substituents is 2. The van der Waals surface area contributed by atoms with E-state index >= 15 is 0 Å². The number of phenols is 2. The van der Waals surface area contributed by atoms with Gasteiger partial charge in [0.1, 0.15) is 16.4 Å². The van der Waals surface area contributed by atoms with Crippen LogP contribution in [-0.4, -0.2) is 18.6 Å². The SMILES string of the molecule is Cc1cc(C)c(S(=O)(=O)c2ccc(O)c(C)c2C)c(O)c1C. The average molecular weight is 320 g/mol. The summed E-state index contributed by atoms with van der Waals surface area (Å²) in [7, 11) is -3.87. The smallest absolute Gasteiger partial charge is 0.210 e. The Hall–Kier alpha value is -2.01. The highest BCUT2D eigenvalue weighted by atomic mass is 32.2. The van der Waals surface area contributed by atoms with Gasteiger partial charge in [0.25, 0.3) is 0 Å². The van der Waals surface area contributed by atoms with E-state index in [9.17, 15) is 18.6 Å². The first-order valence-corrected chi connectivity index (χ1v) is 8.41. The number of sulfone groups is 1. The van der Waals surface area contributed by atoms with Crippen LogP contribution in [0.15, 0.2) is 28.0 Å². The van der Waals surface area contributed by atoms with Gasteiger partial charge in [-0.25, -0.2) is 8.42 Å². The molecular weight excluding hydrogens is 300 g/mol. The van der Waals surface area contributed by atoms with Gasteiger partial charge in [-0.15, -0.1) is 0 Å². The molecule has 118 valence electrons. The normalized spacial score (nSPS) is 11.7. The highest BCUT2D eigenvalue weighted by molar-refractivity contribution is 7.91. The molecule has 2 aromatic carbocycles. The van der Waals surface area contributed by atoms with Crippen LogP contribution >= 0.6 is 0 Å². The predicted molar refractivity (Wildman–Crippen MR) is 85.4 cm³/mol. The van der Waals surface area contributed by atoms with Gasteiger partial charge in [0.15, 0.2) is 0 Å². The van der Waals surface area contributed by atoms with Crippen molar-refractivity contribution < 1.29 is 18.6 Å². The Morgan fingerprint density at radius 3 is 2.00 bits per heavy atom. The van der Waals surface area contributed by atoms with Crippen LogP contribution in [0.25, 0.3) is 0 Å². The molecular formula is C17H20O4S. The summed E-state index contributed by atoms with van der Waals surface area (Å²) in [5, 5.41) is 20.0. The minimum Gasteiger partial charge on any atom is -0.508 e. The van der Waals surface area contributed by atoms with Crippen molar-refractivity contribution in [1.82, 2.24) is 0 Å². The van der Waals surface area contributed by atoms with E-state index < -0.39 is 9.84 Å². The molecule has 0 atom stereocenters. The molecule has 0 aliphatic heterocycles. The summed E-state index contributed by atoms with van der Waals surface area (Å²) in [6.45, 7) is 8.50. The lowest BCUT2D eigenvalue weighted by atomic mass is 10.1. The average Bonchev–Trinajstić information content (AvgIpc) is 2.41. The maximum absolute atomic E-state index is 13.0. The Labute approximate surface area is 131 Å². The molecule has 0 saturated heterocycles. The Kier molecular flexibility index (Phi) is 3.96. The molecule has 2 N–H and O–H groups in total. The molecule has 0 aliphatic carbocycles. The molecule has 0 unspecified atom stereocenters. The lowest BCUT2D eigenvalue weighted by molar-refractivity contribution is 0.452. The summed E-state index contributed by atoms with van der Waals surface area (Å²) < 4.78 is 26.0. The number of rotatable bonds is 2. The maximum Gasteiger partial charge on any atom is 0.210 e. The first-order chi connectivity index (χ1) is 10.1. The van der Waals surface area contributed by atoms with Crippen molar-refractivity contribution in [3.8, 4) is 11.5 Å². The van der Waals surface area contributed by atoms with Crippen molar-refractivity contribution in [2.45, 2.75) is 44.4 Å². The van der Waals surface area contributed by atoms with Gasteiger partial charge in [-0.05, 0) is 74.6 Å². The Morgan fingerprint density at radius 2 is 1.41 bits per heavy atom. The second kappa shape index (κ2) is 5.32. The molecule has 0 fully saturated rings. The second-order valence-corrected chi connectivity index (χ2v) is 7.50. The van der Waals surface area contributed by atoms with Gasteiger partial charge in [0, 0.05) is 0 Å². The molecule has 0 aromatic heterocycles. The number of aryl methyl sites for hydroxylation is 2. The zero-order valence-corrected chi connectivity index (χ0v) is 14.2. The molecule has 2 rings (SSSR count). The molecule has 2 aromatic rings. The van der Waals surface area contributed by atoms with Gasteiger partial charge in [-0.2, -0.15) is 0 Å². The molecule has 4 nitrogen and oxygen atoms in total. The van der Waals surface area contributed by atoms with Gasteiger partial charge in [-0.1, -0.05) is 6.07 Å². The molecule has 0 bridgehead atoms. The van der Waals surface area contributed by atoms with E-state index in [1.54, 1.807) is 33.8 Å². The summed E-state index contributed by atoms with van der Waals surface area (Å²) in [6.07, 6.45) is 0. The van der Waals surface area contributed by atoms with Gasteiger partial charge in [-0.3, -0.25) is 0 Å². The van der Waals surface area contributed by atoms with Crippen LogP contribution in [-0.2, 0) is 9.84 Å². The molecule has 5 heteroatoms. The molecule has 0 saturated carbocycles. The minimum absolute atomic E-state index is 0.0532. The van der Waals surface area contributed by atoms with Crippen molar-refractivity contribution in [3.05, 3.63) is 46.0 Å². The summed E-state index contributed by atoms with van der Waals surface area (Å²) in [6, 6.07) is 4.49. The van der Waals surface area contributed by atoms with E-state index in [1.165, 1.54) is 12.1 Å². The van der Waals surface area contributed by atoms with Gasteiger partial charge >= 0.3 is 0 Å². The topological polar surface area (TPSA) is 74.6 Å². The highest BCUT2D eigenvalue weighted by Gasteiger charge is 2.28. The zero-order valence-electron chi connectivity index (χ0n) is 13.4. The highest BCUT2D eigenvalue weighted by Crippen LogP contribution is 2.38. The van der Waals surface area contributed by atoms with Crippen molar-refractivity contribution in [1.29, 1.82) is 0 Å². The Morgan fingerprint density at radius 1 is 0.818 bits per heavy atom. The van der Waals surface area contributed by atoms with Gasteiger partial charge < -0.3 is 10.2 Å². The number of aromatic hydroxyl groups is 2. The van der Waals surface area contributed by atoms with E-state index in [2.05, 4.69) is 0 Å². The van der Waals surface area contributed by atoms with E-state index in [0.29, 0.717) is 22.3 Å². The van der Waals surface area contributed by atoms with E-state index in [1.807, 2.05) is 6.92 Å². The van der Waals surface area contributed by atoms with Crippen LogP contribution in [0.4, 0.5) is 0 Å². The third-order valence-electron chi connectivity index (χ3n) is 4.22. The van der Waals surface area contributed by atoms with E-state index in [-0.39, 0.29) is 21.3 Å². The second-order valence-electron chi connectivity index (χ2n) is 5.65. The molecule has 0 spiro atoms. The third kappa shape index (κ3) is 2.35. The fraction of sp³-hybridized carbons (Fsp3) is 0.294. The van der Waals surface area contributed by atoms with E-state index in [4.69, 9.17) is 0 Å². The standard InChI is InChI=1S/C17H20O4S/c1-9-8-10(2)17(16(19)11(9)3)22(20,21)15-7-6-14(18)12(4)13(15)5/h6-8,18-19H,1-5H3. The summed E-state index contributed by atoms with van der Waals surface area (Å²) in [4.78, 5) is 0.0354. The lowest BCUT2D eigenvalue weighted by Gasteiger charge is -2.16. The van der Waals surface area contributed by atoms with Gasteiger partial charge in [0.2, 0.25) is 9.84 Å². The number of hydrogen-bond donors (Lipinski definition) is 2. The van der Waals surface area contributed by atoms with Crippen LogP contribution in [0.3, 0.4) is 0 Å². The molecule has 22 heavy (non-hydrogen) atoms. The van der Waals surface area contributed by atoms with Crippen molar-refractivity contribution >= 4 is 9.84 Å². The fourth-order valence-corrected chi connectivity index (χ4v) is 4.48. The maximum atomic E-state index is 13.0. The number of hydrogen-bond acceptors (Lipinski definition) is 4. The quantitative estimate of drug-likeness (QED) is 0.888. The number of benzene rings is 2. The van der Waals surface area contributed by atoms with Crippen LogP contribution in [0.2, 0.25) is 0 Å². The minimum atomic E-state index is -3.87. The molecule has 0 radical (unpaired) electrons. The summed E-state index contributed by atoms with van der Waals surface area (Å²) >= 11 is 0. The van der Waals surface area contributed by atoms with Crippen LogP contribution in [0, 0.1) is 34.6 Å². The van der Waals surface area contributed by atoms with Crippen LogP contribution < -0.4 is 0 Å². The molecule has 0 heterocycles. The van der Waals surface area contributed by atoms with Crippen LogP contribution in [0.1, 0.15) is 27.8 Å². The van der Waals surface area contributed by atoms with E-state index in [0.717, 1.165) is 5.56 Å². The third-order valence-corrected chi connectivity index (χ3v) is 6.29. The first-order valence-electron chi connectivity index (χ1n) is 6.93. The monoisotopic (exact) mass is 320 g/mol. The first kappa shape index (κ1) is 16.4. The summed E-state index contributed by atoms with van der Waals surface area (Å²) in [5.41, 5.74) is 2.90. The van der Waals surface area contributed by atoms with Crippen molar-refractivity contribution in [2.24, 2.45) is 0 Å². The largest absolute Gasteiger partial charge is 0.508 e. The fourth-order valence-electron chi connectivity index (χ4n) is 2.56. The lowest BCUT2D eigenvalue weighted by Crippen LogP contribution is -2.08. The predicted octanol–water partition coefficient (Wildman–Crippen LogP) is 3.47. The van der Waals surface area contributed by atoms with Gasteiger partial charge in [0.05, 0.1) is 4.90 Å². The summed E-state index contributed by atoms with van der Waals surface area (Å²) in [5.74, 6) is -0.153. The Bertz CT molecular complexity index is 865. The molecule has 0 amide bonds. The zero-order chi connectivity index (χ0) is 16.8. The molecule has 0 aliphatic rings. The Balaban J connectivity index is 2.83. The van der Waals surface area contributed by atoms with Crippen molar-refractivity contribution in [2.75, 3.05) is 0 Å². The van der Waals surface area contributed by atoms with Crippen molar-refractivity contribution in [3.63, 3.8) is 0 Å². The van der Waals surface area contributed by atoms with Crippen LogP contribution in [0.5, 0.6) is 11.5 Å².